The first-order valence-corrected chi connectivity index (χ1v) is 12.2. The molecule has 4 rings (SSSR count). The second-order valence-corrected chi connectivity index (χ2v) is 10.8. The number of aryl methyl sites for hydroxylation is 1. The van der Waals surface area contributed by atoms with Crippen molar-refractivity contribution in [1.82, 2.24) is 5.32 Å². The van der Waals surface area contributed by atoms with Crippen molar-refractivity contribution in [2.45, 2.75) is 54.8 Å². The molecule has 1 N–H and O–H groups in total. The van der Waals surface area contributed by atoms with Crippen LogP contribution < -0.4 is 5.32 Å². The molecule has 7 heteroatoms. The molecule has 1 heterocycles. The summed E-state index contributed by atoms with van der Waals surface area (Å²) in [6.45, 7) is 2.43. The summed E-state index contributed by atoms with van der Waals surface area (Å²) in [5, 5.41) is 3.93. The summed E-state index contributed by atoms with van der Waals surface area (Å²) in [7, 11) is -3.79. The monoisotopic (exact) mass is 461 g/mol. The van der Waals surface area contributed by atoms with Crippen LogP contribution in [0.3, 0.4) is 0 Å². The normalized spacial score (nSPS) is 21.8. The molecular formula is C24H25ClFNO3S. The zero-order chi connectivity index (χ0) is 22.1. The molecule has 1 aliphatic carbocycles. The number of rotatable bonds is 6. The summed E-state index contributed by atoms with van der Waals surface area (Å²) in [5.74, 6) is 0.413. The number of halogens is 2. The molecule has 0 bridgehead atoms. The first-order valence-electron chi connectivity index (χ1n) is 10.3. The van der Waals surface area contributed by atoms with Crippen molar-refractivity contribution in [3.63, 3.8) is 0 Å². The largest absolute Gasteiger partial charge is 0.468 e. The van der Waals surface area contributed by atoms with Crippen LogP contribution in [0.25, 0.3) is 0 Å². The standard InChI is InChI=1S/C24H25ClFNO3S/c1-17-4-7-19(26)15-23(17)24(31(28,29)22-8-5-18(25)6-9-22)12-10-20(11-13-24)27-16-21-3-2-14-30-21/h2-9,14-15,20,27H,10-13,16H2,1H3. The van der Waals surface area contributed by atoms with Crippen LogP contribution in [0.5, 0.6) is 0 Å². The summed E-state index contributed by atoms with van der Waals surface area (Å²) < 4.78 is 46.3. The molecule has 0 unspecified atom stereocenters. The van der Waals surface area contributed by atoms with E-state index in [9.17, 15) is 12.8 Å². The molecule has 3 aromatic rings. The Morgan fingerprint density at radius 1 is 1.13 bits per heavy atom. The number of furan rings is 1. The minimum absolute atomic E-state index is 0.160. The van der Waals surface area contributed by atoms with Crippen LogP contribution in [0.4, 0.5) is 4.39 Å². The van der Waals surface area contributed by atoms with Gasteiger partial charge in [0.25, 0.3) is 0 Å². The molecular weight excluding hydrogens is 437 g/mol. The zero-order valence-electron chi connectivity index (χ0n) is 17.3. The smallest absolute Gasteiger partial charge is 0.188 e. The molecule has 31 heavy (non-hydrogen) atoms. The molecule has 0 atom stereocenters. The van der Waals surface area contributed by atoms with E-state index in [-0.39, 0.29) is 10.9 Å². The highest BCUT2D eigenvalue weighted by atomic mass is 35.5. The molecule has 1 saturated carbocycles. The molecule has 164 valence electrons. The van der Waals surface area contributed by atoms with Crippen LogP contribution >= 0.6 is 11.6 Å². The van der Waals surface area contributed by atoms with Crippen molar-refractivity contribution in [2.24, 2.45) is 0 Å². The van der Waals surface area contributed by atoms with Gasteiger partial charge in [-0.1, -0.05) is 17.7 Å². The maximum absolute atomic E-state index is 14.2. The van der Waals surface area contributed by atoms with E-state index in [0.29, 0.717) is 42.8 Å². The van der Waals surface area contributed by atoms with Gasteiger partial charge < -0.3 is 9.73 Å². The lowest BCUT2D eigenvalue weighted by molar-refractivity contribution is 0.300. The van der Waals surface area contributed by atoms with Crippen molar-refractivity contribution in [1.29, 1.82) is 0 Å². The molecule has 0 saturated heterocycles. The van der Waals surface area contributed by atoms with Crippen molar-refractivity contribution in [3.05, 3.63) is 88.6 Å². The van der Waals surface area contributed by atoms with Gasteiger partial charge in [0.2, 0.25) is 0 Å². The highest BCUT2D eigenvalue weighted by Gasteiger charge is 2.49. The molecule has 0 spiro atoms. The van der Waals surface area contributed by atoms with E-state index >= 15 is 0 Å². The van der Waals surface area contributed by atoms with Gasteiger partial charge in [0, 0.05) is 11.1 Å². The Bertz CT molecular complexity index is 1140. The fourth-order valence-electron chi connectivity index (χ4n) is 4.55. The Morgan fingerprint density at radius 2 is 1.84 bits per heavy atom. The van der Waals surface area contributed by atoms with Crippen LogP contribution in [-0.2, 0) is 21.1 Å². The van der Waals surface area contributed by atoms with Gasteiger partial charge in [-0.25, -0.2) is 12.8 Å². The van der Waals surface area contributed by atoms with Crippen molar-refractivity contribution >= 4 is 21.4 Å². The first-order chi connectivity index (χ1) is 14.8. The third kappa shape index (κ3) is 4.29. The predicted octanol–water partition coefficient (Wildman–Crippen LogP) is 5.78. The summed E-state index contributed by atoms with van der Waals surface area (Å²) in [6, 6.07) is 14.6. The van der Waals surface area contributed by atoms with Crippen LogP contribution in [0, 0.1) is 12.7 Å². The fourth-order valence-corrected chi connectivity index (χ4v) is 6.91. The van der Waals surface area contributed by atoms with Crippen molar-refractivity contribution in [2.75, 3.05) is 0 Å². The molecule has 0 amide bonds. The van der Waals surface area contributed by atoms with Crippen LogP contribution in [0.1, 0.15) is 42.6 Å². The second-order valence-electron chi connectivity index (χ2n) is 8.15. The molecule has 0 aliphatic heterocycles. The average molecular weight is 462 g/mol. The minimum atomic E-state index is -3.79. The van der Waals surface area contributed by atoms with Crippen LogP contribution in [-0.4, -0.2) is 14.5 Å². The Labute approximate surface area is 187 Å². The Balaban J connectivity index is 1.68. The van der Waals surface area contributed by atoms with Crippen LogP contribution in [0.2, 0.25) is 5.02 Å². The molecule has 1 aliphatic rings. The second kappa shape index (κ2) is 8.77. The maximum atomic E-state index is 14.2. The maximum Gasteiger partial charge on any atom is 0.188 e. The van der Waals surface area contributed by atoms with Crippen molar-refractivity contribution in [3.8, 4) is 0 Å². The van der Waals surface area contributed by atoms with Gasteiger partial charge in [0.15, 0.2) is 9.84 Å². The van der Waals surface area contributed by atoms with Gasteiger partial charge in [-0.15, -0.1) is 0 Å². The van der Waals surface area contributed by atoms with E-state index in [1.807, 2.05) is 19.1 Å². The molecule has 1 aromatic heterocycles. The Hall–Kier alpha value is -2.15. The topological polar surface area (TPSA) is 59.3 Å². The summed E-state index contributed by atoms with van der Waals surface area (Å²) in [6.07, 6.45) is 3.75. The lowest BCUT2D eigenvalue weighted by Crippen LogP contribution is -2.44. The minimum Gasteiger partial charge on any atom is -0.468 e. The Morgan fingerprint density at radius 3 is 2.48 bits per heavy atom. The lowest BCUT2D eigenvalue weighted by Gasteiger charge is -2.41. The number of hydrogen-bond acceptors (Lipinski definition) is 4. The van der Waals surface area contributed by atoms with E-state index < -0.39 is 20.4 Å². The fraction of sp³-hybridized carbons (Fsp3) is 0.333. The number of benzene rings is 2. The van der Waals surface area contributed by atoms with Gasteiger partial charge in [0.1, 0.15) is 16.3 Å². The Kier molecular flexibility index (Phi) is 6.24. The van der Waals surface area contributed by atoms with Crippen molar-refractivity contribution < 1.29 is 17.2 Å². The van der Waals surface area contributed by atoms with E-state index in [1.54, 1.807) is 24.5 Å². The first kappa shape index (κ1) is 22.1. The summed E-state index contributed by atoms with van der Waals surface area (Å²) >= 11 is 5.98. The van der Waals surface area contributed by atoms with E-state index in [4.69, 9.17) is 16.0 Å². The van der Waals surface area contributed by atoms with Gasteiger partial charge in [-0.2, -0.15) is 0 Å². The predicted molar refractivity (Wildman–Crippen MR) is 119 cm³/mol. The number of hydrogen-bond donors (Lipinski definition) is 1. The van der Waals surface area contributed by atoms with E-state index in [0.717, 1.165) is 11.3 Å². The van der Waals surface area contributed by atoms with E-state index in [2.05, 4.69) is 5.32 Å². The van der Waals surface area contributed by atoms with Gasteiger partial charge in [-0.3, -0.25) is 0 Å². The molecule has 1 fully saturated rings. The molecule has 2 aromatic carbocycles. The highest BCUT2D eigenvalue weighted by molar-refractivity contribution is 7.92. The van der Waals surface area contributed by atoms with Gasteiger partial charge in [-0.05, 0) is 92.3 Å². The summed E-state index contributed by atoms with van der Waals surface area (Å²) in [4.78, 5) is 0.211. The highest BCUT2D eigenvalue weighted by Crippen LogP contribution is 2.48. The quantitative estimate of drug-likeness (QED) is 0.505. The third-order valence-electron chi connectivity index (χ3n) is 6.27. The number of sulfone groups is 1. The summed E-state index contributed by atoms with van der Waals surface area (Å²) in [5.41, 5.74) is 1.33. The van der Waals surface area contributed by atoms with E-state index in [1.165, 1.54) is 24.3 Å². The van der Waals surface area contributed by atoms with Crippen LogP contribution in [0.15, 0.2) is 70.2 Å². The molecule has 4 nitrogen and oxygen atoms in total. The van der Waals surface area contributed by atoms with Gasteiger partial charge >= 0.3 is 0 Å². The van der Waals surface area contributed by atoms with Gasteiger partial charge in [0.05, 0.1) is 17.7 Å². The lowest BCUT2D eigenvalue weighted by atomic mass is 9.79. The number of nitrogens with one attached hydrogen (secondary N) is 1. The SMILES string of the molecule is Cc1ccc(F)cc1C1(S(=O)(=O)c2ccc(Cl)cc2)CCC(NCc2ccco2)CC1. The zero-order valence-corrected chi connectivity index (χ0v) is 18.8. The molecule has 0 radical (unpaired) electrons. The average Bonchev–Trinajstić information content (AvgIpc) is 3.28. The third-order valence-corrected chi connectivity index (χ3v) is 9.07.